The van der Waals surface area contributed by atoms with Gasteiger partial charge in [0, 0.05) is 33.8 Å². The molecule has 33 heavy (non-hydrogen) atoms. The summed E-state index contributed by atoms with van der Waals surface area (Å²) in [5.41, 5.74) is 4.30. The van der Waals surface area contributed by atoms with Gasteiger partial charge in [-0.1, -0.05) is 29.3 Å². The molecular weight excluding hydrogens is 436 g/mol. The van der Waals surface area contributed by atoms with Crippen molar-refractivity contribution in [2.24, 2.45) is 0 Å². The highest BCUT2D eigenvalue weighted by atomic mass is 35.5. The summed E-state index contributed by atoms with van der Waals surface area (Å²) in [6.45, 7) is 3.89. The third-order valence-electron chi connectivity index (χ3n) is 4.68. The van der Waals surface area contributed by atoms with Gasteiger partial charge in [0.25, 0.3) is 0 Å². The maximum Gasteiger partial charge on any atom is 0.323 e. The molecule has 0 spiro atoms. The number of rotatable bonds is 6. The Bertz CT molecular complexity index is 1240. The molecule has 0 atom stereocenters. The zero-order valence-corrected chi connectivity index (χ0v) is 18.9. The number of amides is 2. The Kier molecular flexibility index (Phi) is 6.71. The average Bonchev–Trinajstić information content (AvgIpc) is 2.78. The van der Waals surface area contributed by atoms with Gasteiger partial charge < -0.3 is 21.3 Å². The molecule has 4 N–H and O–H groups in total. The van der Waals surface area contributed by atoms with Crippen molar-refractivity contribution in [1.29, 1.82) is 0 Å². The normalized spacial score (nSPS) is 10.4. The molecule has 0 saturated heterocycles. The summed E-state index contributed by atoms with van der Waals surface area (Å²) in [7, 11) is 0. The number of nitrogens with zero attached hydrogens (tertiary/aromatic N) is 2. The lowest BCUT2D eigenvalue weighted by Gasteiger charge is -2.11. The van der Waals surface area contributed by atoms with E-state index >= 15 is 0 Å². The van der Waals surface area contributed by atoms with Crippen LogP contribution in [0, 0.1) is 13.8 Å². The molecule has 166 valence electrons. The van der Waals surface area contributed by atoms with Crippen LogP contribution >= 0.6 is 11.6 Å². The topological polar surface area (TPSA) is 91.0 Å². The molecule has 0 aliphatic heterocycles. The fraction of sp³-hybridized carbons (Fsp3) is 0.0800. The molecule has 1 heterocycles. The number of aryl methyl sites for hydroxylation is 2. The predicted molar refractivity (Wildman–Crippen MR) is 135 cm³/mol. The zero-order valence-electron chi connectivity index (χ0n) is 18.2. The van der Waals surface area contributed by atoms with Gasteiger partial charge in [0.2, 0.25) is 0 Å². The van der Waals surface area contributed by atoms with Crippen LogP contribution in [0.15, 0.2) is 78.9 Å². The number of hydrogen-bond donors (Lipinski definition) is 4. The maximum atomic E-state index is 12.2. The van der Waals surface area contributed by atoms with Gasteiger partial charge in [-0.25, -0.2) is 14.8 Å². The molecule has 4 rings (SSSR count). The predicted octanol–water partition coefficient (Wildman–Crippen LogP) is 6.88. The van der Waals surface area contributed by atoms with Crippen molar-refractivity contribution in [3.63, 3.8) is 0 Å². The zero-order chi connectivity index (χ0) is 23.2. The Morgan fingerprint density at radius 2 is 1.09 bits per heavy atom. The molecule has 1 aromatic heterocycles. The molecule has 0 saturated carbocycles. The molecule has 0 bridgehead atoms. The Morgan fingerprint density at radius 1 is 0.667 bits per heavy atom. The summed E-state index contributed by atoms with van der Waals surface area (Å²) in [5.74, 6) is 2.01. The summed E-state index contributed by atoms with van der Waals surface area (Å²) in [5, 5.41) is 12.7. The lowest BCUT2D eigenvalue weighted by atomic mass is 10.2. The van der Waals surface area contributed by atoms with Crippen molar-refractivity contribution in [2.75, 3.05) is 21.3 Å². The number of halogens is 1. The van der Waals surface area contributed by atoms with Gasteiger partial charge in [-0.3, -0.25) is 0 Å². The molecule has 4 aromatic rings. The lowest BCUT2D eigenvalue weighted by molar-refractivity contribution is 0.262. The third-order valence-corrected chi connectivity index (χ3v) is 4.93. The molecule has 2 amide bonds. The maximum absolute atomic E-state index is 12.2. The highest BCUT2D eigenvalue weighted by Gasteiger charge is 2.06. The molecule has 0 radical (unpaired) electrons. The molecule has 0 aliphatic carbocycles. The van der Waals surface area contributed by atoms with Crippen molar-refractivity contribution < 1.29 is 4.79 Å². The number of aromatic nitrogens is 2. The van der Waals surface area contributed by atoms with Crippen LogP contribution in [-0.4, -0.2) is 16.0 Å². The van der Waals surface area contributed by atoms with Gasteiger partial charge in [0.15, 0.2) is 0 Å². The second kappa shape index (κ2) is 10.0. The molecule has 0 fully saturated rings. The number of urea groups is 1. The SMILES string of the molecule is Cc1ccc(Nc2cc(Nc3ccc(NC(=O)Nc4ccc(Cl)cc4)cc3)nc(C)n2)cc1. The highest BCUT2D eigenvalue weighted by molar-refractivity contribution is 6.30. The van der Waals surface area contributed by atoms with Crippen molar-refractivity contribution in [3.05, 3.63) is 95.3 Å². The Hall–Kier alpha value is -4.10. The summed E-state index contributed by atoms with van der Waals surface area (Å²) >= 11 is 5.86. The van der Waals surface area contributed by atoms with Gasteiger partial charge in [0.05, 0.1) is 0 Å². The van der Waals surface area contributed by atoms with Gasteiger partial charge in [0.1, 0.15) is 17.5 Å². The molecule has 7 nitrogen and oxygen atoms in total. The third kappa shape index (κ3) is 6.44. The Labute approximate surface area is 197 Å². The van der Waals surface area contributed by atoms with E-state index in [1.807, 2.05) is 68.4 Å². The largest absolute Gasteiger partial charge is 0.340 e. The fourth-order valence-corrected chi connectivity index (χ4v) is 3.22. The van der Waals surface area contributed by atoms with Crippen molar-refractivity contribution in [3.8, 4) is 0 Å². The number of carbonyl (C=O) groups excluding carboxylic acids is 1. The van der Waals surface area contributed by atoms with Gasteiger partial charge in [-0.2, -0.15) is 0 Å². The van der Waals surface area contributed by atoms with E-state index in [2.05, 4.69) is 31.2 Å². The average molecular weight is 459 g/mol. The smallest absolute Gasteiger partial charge is 0.323 e. The minimum Gasteiger partial charge on any atom is -0.340 e. The van der Waals surface area contributed by atoms with Crippen LogP contribution < -0.4 is 21.3 Å². The minimum absolute atomic E-state index is 0.337. The Balaban J connectivity index is 1.38. The fourth-order valence-electron chi connectivity index (χ4n) is 3.09. The number of anilines is 6. The standard InChI is InChI=1S/C25H23ClN6O/c1-16-3-7-19(8-4-16)29-23-15-24(28-17(2)27-23)30-20-11-13-22(14-12-20)32-25(33)31-21-9-5-18(26)6-10-21/h3-15H,1-2H3,(H2,31,32,33)(H2,27,28,29,30). The second-order valence-electron chi connectivity index (χ2n) is 7.47. The van der Waals surface area contributed by atoms with Crippen molar-refractivity contribution in [1.82, 2.24) is 9.97 Å². The number of hydrogen-bond acceptors (Lipinski definition) is 5. The first-order valence-corrected chi connectivity index (χ1v) is 10.7. The van der Waals surface area contributed by atoms with Gasteiger partial charge >= 0.3 is 6.03 Å². The van der Waals surface area contributed by atoms with Crippen LogP contribution in [0.1, 0.15) is 11.4 Å². The van der Waals surface area contributed by atoms with Crippen LogP contribution in [-0.2, 0) is 0 Å². The van der Waals surface area contributed by atoms with Crippen LogP contribution in [0.2, 0.25) is 5.02 Å². The van der Waals surface area contributed by atoms with Crippen LogP contribution in [0.4, 0.5) is 39.2 Å². The summed E-state index contributed by atoms with van der Waals surface area (Å²) in [6.07, 6.45) is 0. The first kappa shape index (κ1) is 22.1. The first-order valence-electron chi connectivity index (χ1n) is 10.3. The highest BCUT2D eigenvalue weighted by Crippen LogP contribution is 2.22. The second-order valence-corrected chi connectivity index (χ2v) is 7.90. The van der Waals surface area contributed by atoms with E-state index in [4.69, 9.17) is 11.6 Å². The van der Waals surface area contributed by atoms with Crippen LogP contribution in [0.3, 0.4) is 0 Å². The van der Waals surface area contributed by atoms with E-state index in [0.29, 0.717) is 33.9 Å². The first-order chi connectivity index (χ1) is 15.9. The molecule has 8 heteroatoms. The molecular formula is C25H23ClN6O. The molecule has 0 unspecified atom stereocenters. The summed E-state index contributed by atoms with van der Waals surface area (Å²) in [4.78, 5) is 21.1. The van der Waals surface area contributed by atoms with E-state index in [0.717, 1.165) is 11.4 Å². The van der Waals surface area contributed by atoms with Crippen molar-refractivity contribution in [2.45, 2.75) is 13.8 Å². The quantitative estimate of drug-likeness (QED) is 0.253. The van der Waals surface area contributed by atoms with E-state index < -0.39 is 0 Å². The summed E-state index contributed by atoms with van der Waals surface area (Å²) < 4.78 is 0. The van der Waals surface area contributed by atoms with E-state index in [-0.39, 0.29) is 6.03 Å². The van der Waals surface area contributed by atoms with E-state index in [1.54, 1.807) is 24.3 Å². The summed E-state index contributed by atoms with van der Waals surface area (Å²) in [6, 6.07) is 23.9. The number of benzene rings is 3. The van der Waals surface area contributed by atoms with E-state index in [9.17, 15) is 4.79 Å². The number of carbonyl (C=O) groups is 1. The number of nitrogens with one attached hydrogen (secondary N) is 4. The monoisotopic (exact) mass is 458 g/mol. The minimum atomic E-state index is -0.337. The Morgan fingerprint density at radius 3 is 1.61 bits per heavy atom. The van der Waals surface area contributed by atoms with E-state index in [1.165, 1.54) is 5.56 Å². The van der Waals surface area contributed by atoms with Gasteiger partial charge in [-0.15, -0.1) is 0 Å². The van der Waals surface area contributed by atoms with Crippen LogP contribution in [0.25, 0.3) is 0 Å². The van der Waals surface area contributed by atoms with Crippen molar-refractivity contribution >= 4 is 52.0 Å². The van der Waals surface area contributed by atoms with Crippen LogP contribution in [0.5, 0.6) is 0 Å². The van der Waals surface area contributed by atoms with Gasteiger partial charge in [-0.05, 0) is 74.5 Å². The lowest BCUT2D eigenvalue weighted by Crippen LogP contribution is -2.19. The molecule has 3 aromatic carbocycles. The molecule has 0 aliphatic rings.